The van der Waals surface area contributed by atoms with E-state index in [0.717, 1.165) is 30.6 Å². The molecule has 0 spiro atoms. The van der Waals surface area contributed by atoms with Crippen LogP contribution >= 0.6 is 23.1 Å². The number of thiophene rings is 1. The second-order valence-corrected chi connectivity index (χ2v) is 9.42. The lowest BCUT2D eigenvalue weighted by molar-refractivity contribution is -0.120. The third kappa shape index (κ3) is 4.00. The summed E-state index contributed by atoms with van der Waals surface area (Å²) in [6.45, 7) is 2.40. The Morgan fingerprint density at radius 3 is 2.82 bits per heavy atom. The minimum atomic E-state index is -0.333. The second kappa shape index (κ2) is 8.49. The largest absolute Gasteiger partial charge is 0.350 e. The van der Waals surface area contributed by atoms with E-state index >= 15 is 0 Å². The molecule has 7 heteroatoms. The summed E-state index contributed by atoms with van der Waals surface area (Å²) in [5.74, 6) is -0.0428. The van der Waals surface area contributed by atoms with Gasteiger partial charge in [0.25, 0.3) is 5.56 Å². The summed E-state index contributed by atoms with van der Waals surface area (Å²) in [6.07, 6.45) is 4.24. The van der Waals surface area contributed by atoms with Gasteiger partial charge in [0.1, 0.15) is 0 Å². The van der Waals surface area contributed by atoms with Crippen molar-refractivity contribution in [3.05, 3.63) is 57.0 Å². The summed E-state index contributed by atoms with van der Waals surface area (Å²) in [7, 11) is 0. The van der Waals surface area contributed by atoms with Crippen molar-refractivity contribution >= 4 is 39.9 Å². The van der Waals surface area contributed by atoms with Crippen LogP contribution in [0.25, 0.3) is 10.9 Å². The molecule has 4 rings (SSSR count). The maximum atomic E-state index is 13.2. The van der Waals surface area contributed by atoms with Gasteiger partial charge in [0.2, 0.25) is 5.91 Å². The molecule has 0 radical (unpaired) electrons. The average Bonchev–Trinajstić information content (AvgIpc) is 3.40. The number of hydrogen-bond acceptors (Lipinski definition) is 5. The highest BCUT2D eigenvalue weighted by Crippen LogP contribution is 2.33. The quantitative estimate of drug-likeness (QED) is 0.481. The Morgan fingerprint density at radius 1 is 1.29 bits per heavy atom. The molecule has 5 nitrogen and oxygen atoms in total. The number of fused-ring (bicyclic) bond motifs is 1. The van der Waals surface area contributed by atoms with Crippen LogP contribution in [-0.2, 0) is 11.3 Å². The number of hydrogen-bond donors (Lipinski definition) is 1. The number of carbonyl (C=O) groups excluding carboxylic acids is 1. The van der Waals surface area contributed by atoms with Gasteiger partial charge in [-0.15, -0.1) is 11.3 Å². The Labute approximate surface area is 172 Å². The number of para-hydroxylation sites is 1. The zero-order valence-electron chi connectivity index (χ0n) is 15.8. The third-order valence-electron chi connectivity index (χ3n) is 5.13. The molecule has 0 saturated heterocycles. The number of benzene rings is 1. The molecule has 0 bridgehead atoms. The Kier molecular flexibility index (Phi) is 5.82. The molecular weight excluding hydrogens is 390 g/mol. The predicted octanol–water partition coefficient (Wildman–Crippen LogP) is 4.37. The monoisotopic (exact) mass is 413 g/mol. The number of carbonyl (C=O) groups is 1. The van der Waals surface area contributed by atoms with Gasteiger partial charge in [-0.3, -0.25) is 14.2 Å². The number of amides is 1. The molecule has 2 aromatic heterocycles. The first-order chi connectivity index (χ1) is 13.6. The lowest BCUT2D eigenvalue weighted by Crippen LogP contribution is -2.32. The molecule has 146 valence electrons. The molecule has 1 atom stereocenters. The van der Waals surface area contributed by atoms with Gasteiger partial charge in [0.15, 0.2) is 5.16 Å². The van der Waals surface area contributed by atoms with E-state index < -0.39 is 0 Å². The Balaban J connectivity index is 1.60. The van der Waals surface area contributed by atoms with Crippen LogP contribution in [0.1, 0.15) is 43.5 Å². The number of thioether (sulfide) groups is 1. The minimum absolute atomic E-state index is 0.00573. The van der Waals surface area contributed by atoms with Gasteiger partial charge in [-0.05, 0) is 43.3 Å². The van der Waals surface area contributed by atoms with Crippen LogP contribution < -0.4 is 10.9 Å². The van der Waals surface area contributed by atoms with E-state index in [9.17, 15) is 9.59 Å². The van der Waals surface area contributed by atoms with Crippen LogP contribution in [0.3, 0.4) is 0 Å². The van der Waals surface area contributed by atoms with E-state index in [0.29, 0.717) is 22.6 Å². The van der Waals surface area contributed by atoms with Crippen molar-refractivity contribution in [2.45, 2.75) is 55.6 Å². The van der Waals surface area contributed by atoms with Crippen LogP contribution in [0.5, 0.6) is 0 Å². The third-order valence-corrected chi connectivity index (χ3v) is 7.08. The van der Waals surface area contributed by atoms with Crippen LogP contribution in [-0.4, -0.2) is 20.7 Å². The zero-order chi connectivity index (χ0) is 19.5. The number of nitrogens with zero attached hydrogens (tertiary/aromatic N) is 2. The normalized spacial score (nSPS) is 15.8. The van der Waals surface area contributed by atoms with Crippen molar-refractivity contribution < 1.29 is 4.79 Å². The molecule has 1 N–H and O–H groups in total. The topological polar surface area (TPSA) is 64.0 Å². The fourth-order valence-corrected chi connectivity index (χ4v) is 5.28. The summed E-state index contributed by atoms with van der Waals surface area (Å²) in [5, 5.41) is 5.94. The molecule has 1 aliphatic rings. The first kappa shape index (κ1) is 19.2. The van der Waals surface area contributed by atoms with E-state index in [1.165, 1.54) is 11.8 Å². The van der Waals surface area contributed by atoms with Crippen LogP contribution in [0.15, 0.2) is 51.7 Å². The molecule has 0 aliphatic heterocycles. The Hall–Kier alpha value is -2.12. The SMILES string of the molecule is C[C@@H](Sc1nc2ccccc2c(=O)n1C1CCCC1)C(=O)NCc1cccs1. The van der Waals surface area contributed by atoms with Crippen LogP contribution in [0.4, 0.5) is 0 Å². The molecule has 0 unspecified atom stereocenters. The highest BCUT2D eigenvalue weighted by molar-refractivity contribution is 8.00. The number of rotatable bonds is 6. The van der Waals surface area contributed by atoms with Gasteiger partial charge < -0.3 is 5.32 Å². The fraction of sp³-hybridized carbons (Fsp3) is 0.381. The van der Waals surface area contributed by atoms with E-state index in [1.54, 1.807) is 11.3 Å². The van der Waals surface area contributed by atoms with Gasteiger partial charge in [-0.25, -0.2) is 4.98 Å². The second-order valence-electron chi connectivity index (χ2n) is 7.08. The maximum Gasteiger partial charge on any atom is 0.262 e. The standard InChI is InChI=1S/C21H23N3O2S2/c1-14(19(25)22-13-16-9-6-12-27-16)28-21-23-18-11-5-4-10-17(18)20(26)24(21)15-7-2-3-8-15/h4-6,9-12,14-15H,2-3,7-8,13H2,1H3,(H,22,25)/t14-/m1/s1. The van der Waals surface area contributed by atoms with Gasteiger partial charge in [-0.1, -0.05) is 42.8 Å². The maximum absolute atomic E-state index is 13.2. The van der Waals surface area contributed by atoms with Crippen LogP contribution in [0.2, 0.25) is 0 Å². The van der Waals surface area contributed by atoms with Crippen molar-refractivity contribution in [1.29, 1.82) is 0 Å². The van der Waals surface area contributed by atoms with Gasteiger partial charge in [-0.2, -0.15) is 0 Å². The molecule has 28 heavy (non-hydrogen) atoms. The van der Waals surface area contributed by atoms with E-state index in [2.05, 4.69) is 5.32 Å². The summed E-state index contributed by atoms with van der Waals surface area (Å²) < 4.78 is 1.84. The smallest absolute Gasteiger partial charge is 0.262 e. The predicted molar refractivity (Wildman–Crippen MR) is 115 cm³/mol. The zero-order valence-corrected chi connectivity index (χ0v) is 17.4. The number of nitrogens with one attached hydrogen (secondary N) is 1. The summed E-state index contributed by atoms with van der Waals surface area (Å²) in [4.78, 5) is 31.6. The van der Waals surface area contributed by atoms with Crippen molar-refractivity contribution in [3.8, 4) is 0 Å². The van der Waals surface area contributed by atoms with E-state index in [4.69, 9.17) is 4.98 Å². The minimum Gasteiger partial charge on any atom is -0.350 e. The molecule has 1 fully saturated rings. The highest BCUT2D eigenvalue weighted by atomic mass is 32.2. The summed E-state index contributed by atoms with van der Waals surface area (Å²) in [6, 6.07) is 11.6. The van der Waals surface area contributed by atoms with E-state index in [1.807, 2.05) is 53.3 Å². The Bertz CT molecular complexity index is 1020. The molecule has 1 amide bonds. The molecule has 2 heterocycles. The molecule has 1 aromatic carbocycles. The van der Waals surface area contributed by atoms with Crippen molar-refractivity contribution in [1.82, 2.24) is 14.9 Å². The Morgan fingerprint density at radius 2 is 2.07 bits per heavy atom. The molecule has 3 aromatic rings. The average molecular weight is 414 g/mol. The summed E-state index contributed by atoms with van der Waals surface area (Å²) >= 11 is 3.00. The molecule has 1 saturated carbocycles. The lowest BCUT2D eigenvalue weighted by Gasteiger charge is -2.20. The first-order valence-corrected chi connectivity index (χ1v) is 11.4. The fourth-order valence-electron chi connectivity index (χ4n) is 3.64. The lowest BCUT2D eigenvalue weighted by atomic mass is 10.2. The van der Waals surface area contributed by atoms with Crippen molar-refractivity contribution in [3.63, 3.8) is 0 Å². The molecule has 1 aliphatic carbocycles. The van der Waals surface area contributed by atoms with Crippen LogP contribution in [0, 0.1) is 0 Å². The highest BCUT2D eigenvalue weighted by Gasteiger charge is 2.25. The van der Waals surface area contributed by atoms with Crippen molar-refractivity contribution in [2.75, 3.05) is 0 Å². The van der Waals surface area contributed by atoms with Gasteiger partial charge >= 0.3 is 0 Å². The van der Waals surface area contributed by atoms with Crippen molar-refractivity contribution in [2.24, 2.45) is 0 Å². The van der Waals surface area contributed by atoms with Gasteiger partial charge in [0, 0.05) is 10.9 Å². The first-order valence-electron chi connectivity index (χ1n) is 9.61. The number of aromatic nitrogens is 2. The molecular formula is C21H23N3O2S2. The van der Waals surface area contributed by atoms with E-state index in [-0.39, 0.29) is 22.8 Å². The summed E-state index contributed by atoms with van der Waals surface area (Å²) in [5.41, 5.74) is 0.696. The van der Waals surface area contributed by atoms with Gasteiger partial charge in [0.05, 0.1) is 22.7 Å².